The number of anilines is 2. The van der Waals surface area contributed by atoms with Crippen LogP contribution >= 0.6 is 0 Å². The van der Waals surface area contributed by atoms with E-state index in [1.54, 1.807) is 34.4 Å². The zero-order chi connectivity index (χ0) is 22.4. The Kier molecular flexibility index (Phi) is 4.98. The summed E-state index contributed by atoms with van der Waals surface area (Å²) in [6.45, 7) is 0. The SMILES string of the molecule is CN(c1cccc(-c2cc(NC3CC3)n3ncc(/C=C4\NC(=O)NC4=O)c3n2)c1)[S+](C)[O-]. The molecule has 2 aliphatic rings. The largest absolute Gasteiger partial charge is 0.593 e. The molecule has 1 aromatic carbocycles. The summed E-state index contributed by atoms with van der Waals surface area (Å²) in [6, 6.07) is 9.42. The molecular formula is C21H21N7O3S. The number of rotatable bonds is 6. The van der Waals surface area contributed by atoms with Crippen molar-refractivity contribution in [1.82, 2.24) is 25.2 Å². The Labute approximate surface area is 187 Å². The van der Waals surface area contributed by atoms with Gasteiger partial charge in [0.25, 0.3) is 5.91 Å². The van der Waals surface area contributed by atoms with Gasteiger partial charge in [-0.25, -0.2) is 9.78 Å². The lowest BCUT2D eigenvalue weighted by Gasteiger charge is -2.19. The molecule has 2 aromatic heterocycles. The fraction of sp³-hybridized carbons (Fsp3) is 0.238. The van der Waals surface area contributed by atoms with Crippen LogP contribution in [0.4, 0.5) is 16.3 Å². The number of hydrogen-bond acceptors (Lipinski definition) is 7. The summed E-state index contributed by atoms with van der Waals surface area (Å²) in [5, 5.41) is 12.6. The number of carbonyl (C=O) groups is 2. The van der Waals surface area contributed by atoms with Crippen LogP contribution in [-0.2, 0) is 16.2 Å². The van der Waals surface area contributed by atoms with Gasteiger partial charge in [-0.2, -0.15) is 13.9 Å². The highest BCUT2D eigenvalue weighted by Crippen LogP contribution is 2.30. The number of urea groups is 1. The van der Waals surface area contributed by atoms with Gasteiger partial charge in [0.15, 0.2) is 5.65 Å². The van der Waals surface area contributed by atoms with E-state index < -0.39 is 23.3 Å². The molecule has 3 N–H and O–H groups in total. The van der Waals surface area contributed by atoms with E-state index in [-0.39, 0.29) is 5.70 Å². The van der Waals surface area contributed by atoms with E-state index in [2.05, 4.69) is 21.0 Å². The summed E-state index contributed by atoms with van der Waals surface area (Å²) < 4.78 is 15.3. The Morgan fingerprint density at radius 2 is 2.09 bits per heavy atom. The van der Waals surface area contributed by atoms with Crippen molar-refractivity contribution in [3.63, 3.8) is 0 Å². The minimum Gasteiger partial charge on any atom is -0.593 e. The molecule has 0 spiro atoms. The van der Waals surface area contributed by atoms with Gasteiger partial charge >= 0.3 is 6.03 Å². The Hall–Kier alpha value is -3.57. The highest BCUT2D eigenvalue weighted by molar-refractivity contribution is 7.92. The molecular weight excluding hydrogens is 430 g/mol. The van der Waals surface area contributed by atoms with Crippen LogP contribution in [0, 0.1) is 0 Å². The molecule has 1 unspecified atom stereocenters. The number of aromatic nitrogens is 3. The monoisotopic (exact) mass is 451 g/mol. The first-order chi connectivity index (χ1) is 15.4. The van der Waals surface area contributed by atoms with E-state index in [4.69, 9.17) is 4.98 Å². The van der Waals surface area contributed by atoms with Gasteiger partial charge in [0.05, 0.1) is 36.0 Å². The van der Waals surface area contributed by atoms with E-state index in [0.29, 0.717) is 22.9 Å². The Morgan fingerprint density at radius 1 is 1.28 bits per heavy atom. The Balaban J connectivity index is 1.62. The number of hydrogen-bond donors (Lipinski definition) is 3. The number of fused-ring (bicyclic) bond motifs is 1. The van der Waals surface area contributed by atoms with Crippen LogP contribution in [0.2, 0.25) is 0 Å². The van der Waals surface area contributed by atoms with Gasteiger partial charge in [-0.15, -0.1) is 0 Å². The maximum Gasteiger partial charge on any atom is 0.326 e. The van der Waals surface area contributed by atoms with Gasteiger partial charge in [0.1, 0.15) is 17.8 Å². The van der Waals surface area contributed by atoms with Crippen LogP contribution in [-0.4, -0.2) is 50.4 Å². The van der Waals surface area contributed by atoms with Crippen molar-refractivity contribution in [2.75, 3.05) is 22.9 Å². The molecule has 1 aliphatic heterocycles. The third-order valence-corrected chi connectivity index (χ3v) is 6.32. The molecule has 3 amide bonds. The van der Waals surface area contributed by atoms with Crippen LogP contribution in [0.3, 0.4) is 0 Å². The summed E-state index contributed by atoms with van der Waals surface area (Å²) in [5.74, 6) is 0.292. The van der Waals surface area contributed by atoms with Gasteiger partial charge in [-0.05, 0) is 31.1 Å². The smallest absolute Gasteiger partial charge is 0.326 e. The summed E-state index contributed by atoms with van der Waals surface area (Å²) in [6.07, 6.45) is 6.97. The molecule has 1 atom stereocenters. The van der Waals surface area contributed by atoms with Crippen LogP contribution < -0.4 is 20.3 Å². The normalized spacial score (nSPS) is 18.0. The molecule has 3 heterocycles. The van der Waals surface area contributed by atoms with E-state index in [1.165, 1.54) is 0 Å². The number of imide groups is 1. The second-order valence-electron chi connectivity index (χ2n) is 7.72. The third kappa shape index (κ3) is 3.87. The summed E-state index contributed by atoms with van der Waals surface area (Å²) >= 11 is -1.15. The highest BCUT2D eigenvalue weighted by atomic mass is 32.2. The highest BCUT2D eigenvalue weighted by Gasteiger charge is 2.25. The molecule has 164 valence electrons. The Morgan fingerprint density at radius 3 is 2.78 bits per heavy atom. The molecule has 11 heteroatoms. The minimum absolute atomic E-state index is 0.142. The van der Waals surface area contributed by atoms with Gasteiger partial charge in [0, 0.05) is 23.2 Å². The van der Waals surface area contributed by atoms with E-state index >= 15 is 0 Å². The van der Waals surface area contributed by atoms with Crippen LogP contribution in [0.15, 0.2) is 42.2 Å². The predicted molar refractivity (Wildman–Crippen MR) is 122 cm³/mol. The van der Waals surface area contributed by atoms with E-state index in [0.717, 1.165) is 29.9 Å². The average molecular weight is 452 g/mol. The number of benzene rings is 1. The Bertz CT molecular complexity index is 1270. The first-order valence-corrected chi connectivity index (χ1v) is 11.6. The standard InChI is InChI=1S/C21H21N7O3S/c1-27(32(2)31)15-5-3-4-12(8-15)16-10-18(23-14-6-7-14)28-19(24-16)13(11-22-28)9-17-20(29)26-21(30)25-17/h3-5,8-11,14,23H,6-7H2,1-2H3,(H2,25,26,29,30)/b17-9-. The second kappa shape index (κ2) is 7.84. The second-order valence-corrected chi connectivity index (χ2v) is 9.11. The van der Waals surface area contributed by atoms with Gasteiger partial charge in [0.2, 0.25) is 0 Å². The predicted octanol–water partition coefficient (Wildman–Crippen LogP) is 1.88. The van der Waals surface area contributed by atoms with Crippen molar-refractivity contribution >= 4 is 46.5 Å². The summed E-state index contributed by atoms with van der Waals surface area (Å²) in [5.41, 5.74) is 3.65. The van der Waals surface area contributed by atoms with E-state index in [9.17, 15) is 14.1 Å². The maximum absolute atomic E-state index is 12.0. The zero-order valence-electron chi connectivity index (χ0n) is 17.5. The quantitative estimate of drug-likeness (QED) is 0.297. The molecule has 1 saturated carbocycles. The van der Waals surface area contributed by atoms with E-state index in [1.807, 2.05) is 30.3 Å². The van der Waals surface area contributed by atoms with Gasteiger partial charge in [-0.3, -0.25) is 10.1 Å². The fourth-order valence-corrected chi connectivity index (χ4v) is 3.83. The minimum atomic E-state index is -1.15. The fourth-order valence-electron chi connectivity index (χ4n) is 3.42. The molecule has 32 heavy (non-hydrogen) atoms. The molecule has 10 nitrogen and oxygen atoms in total. The summed E-state index contributed by atoms with van der Waals surface area (Å²) in [4.78, 5) is 28.2. The lowest BCUT2D eigenvalue weighted by Crippen LogP contribution is -2.24. The van der Waals surface area contributed by atoms with Crippen molar-refractivity contribution in [3.8, 4) is 11.3 Å². The van der Waals surface area contributed by atoms with Gasteiger partial charge in [-0.1, -0.05) is 12.1 Å². The number of nitrogens with zero attached hydrogens (tertiary/aromatic N) is 4. The third-order valence-electron chi connectivity index (χ3n) is 5.34. The molecule has 2 fully saturated rings. The number of nitrogens with one attached hydrogen (secondary N) is 3. The van der Waals surface area contributed by atoms with Gasteiger partial charge < -0.3 is 15.2 Å². The lowest BCUT2D eigenvalue weighted by molar-refractivity contribution is -0.115. The maximum atomic E-state index is 12.0. The van der Waals surface area contributed by atoms with Crippen molar-refractivity contribution in [2.24, 2.45) is 0 Å². The zero-order valence-corrected chi connectivity index (χ0v) is 18.3. The molecule has 0 radical (unpaired) electrons. The van der Waals surface area contributed by atoms with Crippen molar-refractivity contribution < 1.29 is 14.1 Å². The first kappa shape index (κ1) is 20.3. The number of carbonyl (C=O) groups excluding carboxylic acids is 2. The molecule has 3 aromatic rings. The topological polar surface area (TPSA) is 127 Å². The van der Waals surface area contributed by atoms with Crippen LogP contribution in [0.5, 0.6) is 0 Å². The molecule has 5 rings (SSSR count). The molecule has 1 aliphatic carbocycles. The molecule has 1 saturated heterocycles. The van der Waals surface area contributed by atoms with Crippen LogP contribution in [0.25, 0.3) is 23.0 Å². The molecule has 0 bridgehead atoms. The van der Waals surface area contributed by atoms with Crippen LogP contribution in [0.1, 0.15) is 18.4 Å². The van der Waals surface area contributed by atoms with Crippen molar-refractivity contribution in [3.05, 3.63) is 47.8 Å². The lowest BCUT2D eigenvalue weighted by atomic mass is 10.1. The summed E-state index contributed by atoms with van der Waals surface area (Å²) in [7, 11) is 1.77. The van der Waals surface area contributed by atoms with Crippen molar-refractivity contribution in [1.29, 1.82) is 0 Å². The van der Waals surface area contributed by atoms with Crippen molar-refractivity contribution in [2.45, 2.75) is 18.9 Å². The average Bonchev–Trinajstić information content (AvgIpc) is 3.41. The first-order valence-electron chi connectivity index (χ1n) is 10.1. The number of amides is 3.